The van der Waals surface area contributed by atoms with Crippen molar-refractivity contribution >= 4 is 17.1 Å². The predicted molar refractivity (Wildman–Crippen MR) is 106 cm³/mol. The van der Waals surface area contributed by atoms with E-state index in [1.54, 1.807) is 4.90 Å². The molecule has 0 spiro atoms. The number of aromatic nitrogens is 2. The van der Waals surface area contributed by atoms with E-state index in [1.165, 1.54) is 5.56 Å². The summed E-state index contributed by atoms with van der Waals surface area (Å²) in [5.74, 6) is 0. The van der Waals surface area contributed by atoms with Crippen molar-refractivity contribution in [2.24, 2.45) is 5.41 Å². The van der Waals surface area contributed by atoms with Crippen LogP contribution in [0, 0.1) is 5.41 Å². The maximum absolute atomic E-state index is 11.7. The van der Waals surface area contributed by atoms with Gasteiger partial charge >= 0.3 is 6.09 Å². The Morgan fingerprint density at radius 1 is 1.18 bits per heavy atom. The average molecular weight is 377 g/mol. The van der Waals surface area contributed by atoms with E-state index in [0.29, 0.717) is 25.6 Å². The van der Waals surface area contributed by atoms with Gasteiger partial charge in [0.05, 0.1) is 17.6 Å². The van der Waals surface area contributed by atoms with Crippen LogP contribution < -0.4 is 4.74 Å². The molecule has 1 saturated heterocycles. The third-order valence-corrected chi connectivity index (χ3v) is 6.18. The highest BCUT2D eigenvalue weighted by molar-refractivity contribution is 5.77. The van der Waals surface area contributed by atoms with Crippen LogP contribution in [0.15, 0.2) is 54.6 Å². The number of hydrogen-bond donors (Lipinski definition) is 1. The van der Waals surface area contributed by atoms with Gasteiger partial charge in [-0.15, -0.1) is 0 Å². The number of nitrogens with zero attached hydrogens (tertiary/aromatic N) is 3. The van der Waals surface area contributed by atoms with Crippen molar-refractivity contribution in [1.82, 2.24) is 14.5 Å². The summed E-state index contributed by atoms with van der Waals surface area (Å²) in [5, 5.41) is 9.62. The minimum atomic E-state index is -0.849. The molecule has 0 aliphatic carbocycles. The minimum Gasteiger partial charge on any atom is -0.465 e. The van der Waals surface area contributed by atoms with Gasteiger partial charge in [-0.3, -0.25) is 4.57 Å². The van der Waals surface area contributed by atoms with E-state index in [-0.39, 0.29) is 11.5 Å². The minimum absolute atomic E-state index is 0.0954. The molecule has 28 heavy (non-hydrogen) atoms. The largest absolute Gasteiger partial charge is 0.465 e. The summed E-state index contributed by atoms with van der Waals surface area (Å²) in [6.45, 7) is 1.78. The molecular formula is C22H23N3O3. The van der Waals surface area contributed by atoms with Crippen LogP contribution in [0.25, 0.3) is 11.0 Å². The molecule has 5 rings (SSSR count). The first kappa shape index (κ1) is 17.1. The molecule has 1 N–H and O–H groups in total. The van der Waals surface area contributed by atoms with Crippen molar-refractivity contribution in [1.29, 1.82) is 0 Å². The topological polar surface area (TPSA) is 67.6 Å². The highest BCUT2D eigenvalue weighted by atomic mass is 16.5. The van der Waals surface area contributed by atoms with Crippen molar-refractivity contribution in [3.05, 3.63) is 60.2 Å². The molecule has 0 saturated carbocycles. The highest BCUT2D eigenvalue weighted by Crippen LogP contribution is 2.43. The molecule has 1 fully saturated rings. The molecule has 2 unspecified atom stereocenters. The van der Waals surface area contributed by atoms with E-state index in [2.05, 4.69) is 27.8 Å². The number of hydrogen-bond acceptors (Lipinski definition) is 3. The number of carboxylic acid groups (broad SMARTS) is 1. The molecule has 144 valence electrons. The van der Waals surface area contributed by atoms with Crippen LogP contribution in [0.2, 0.25) is 0 Å². The van der Waals surface area contributed by atoms with Crippen LogP contribution in [0.4, 0.5) is 4.79 Å². The fourth-order valence-corrected chi connectivity index (χ4v) is 4.82. The van der Waals surface area contributed by atoms with E-state index in [1.807, 2.05) is 36.4 Å². The van der Waals surface area contributed by atoms with E-state index >= 15 is 0 Å². The molecule has 2 aliphatic rings. The Kier molecular flexibility index (Phi) is 4.00. The van der Waals surface area contributed by atoms with Gasteiger partial charge in [-0.1, -0.05) is 42.5 Å². The molecule has 2 atom stereocenters. The second-order valence-electron chi connectivity index (χ2n) is 7.93. The Morgan fingerprint density at radius 2 is 1.96 bits per heavy atom. The van der Waals surface area contributed by atoms with Crippen LogP contribution in [-0.2, 0) is 13.0 Å². The molecule has 3 aromatic rings. The summed E-state index contributed by atoms with van der Waals surface area (Å²) >= 11 is 0. The lowest BCUT2D eigenvalue weighted by Crippen LogP contribution is -2.54. The number of carbonyl (C=O) groups is 1. The third kappa shape index (κ3) is 2.80. The van der Waals surface area contributed by atoms with Gasteiger partial charge < -0.3 is 14.7 Å². The summed E-state index contributed by atoms with van der Waals surface area (Å²) < 4.78 is 8.50. The first-order chi connectivity index (χ1) is 13.6. The number of imidazole rings is 1. The molecule has 2 aliphatic heterocycles. The molecule has 1 amide bonds. The summed E-state index contributed by atoms with van der Waals surface area (Å²) in [4.78, 5) is 17.9. The molecule has 6 heteroatoms. The number of para-hydroxylation sites is 2. The second-order valence-corrected chi connectivity index (χ2v) is 7.93. The summed E-state index contributed by atoms with van der Waals surface area (Å²) in [7, 11) is 0. The molecule has 0 radical (unpaired) electrons. The Labute approximate surface area is 163 Å². The second kappa shape index (κ2) is 6.55. The van der Waals surface area contributed by atoms with Crippen molar-refractivity contribution in [3.8, 4) is 6.01 Å². The number of fused-ring (bicyclic) bond motifs is 3. The molecule has 6 nitrogen and oxygen atoms in total. The Hall–Kier alpha value is -3.02. The van der Waals surface area contributed by atoms with E-state index < -0.39 is 6.09 Å². The van der Waals surface area contributed by atoms with Crippen LogP contribution in [0.1, 0.15) is 18.4 Å². The average Bonchev–Trinajstić information content (AvgIpc) is 3.27. The molecular weight excluding hydrogens is 354 g/mol. The number of likely N-dealkylation sites (tertiary alicyclic amines) is 1. The first-order valence-electron chi connectivity index (χ1n) is 9.78. The predicted octanol–water partition coefficient (Wildman–Crippen LogP) is 3.80. The maximum Gasteiger partial charge on any atom is 0.407 e. The summed E-state index contributed by atoms with van der Waals surface area (Å²) in [6.07, 6.45) is 1.65. The number of benzene rings is 2. The van der Waals surface area contributed by atoms with E-state index in [9.17, 15) is 9.90 Å². The summed E-state index contributed by atoms with van der Waals surface area (Å²) in [6, 6.07) is 19.0. The number of piperidine rings is 1. The molecule has 2 aromatic carbocycles. The lowest BCUT2D eigenvalue weighted by molar-refractivity contribution is -0.00480. The van der Waals surface area contributed by atoms with Crippen molar-refractivity contribution < 1.29 is 14.6 Å². The third-order valence-electron chi connectivity index (χ3n) is 6.18. The lowest BCUT2D eigenvalue weighted by Gasteiger charge is -2.44. The van der Waals surface area contributed by atoms with Crippen molar-refractivity contribution in [2.75, 3.05) is 13.1 Å². The fourth-order valence-electron chi connectivity index (χ4n) is 4.82. The van der Waals surface area contributed by atoms with E-state index in [0.717, 1.165) is 30.3 Å². The standard InChI is InChI=1S/C22H23N3O3/c26-21(27)24-12-6-11-22(15-24,13-16-7-2-1-3-8-16)19-14-25-18-10-5-4-9-17(18)23-20(25)28-19/h1-5,7-10,19H,6,11-15H2,(H,26,27). The summed E-state index contributed by atoms with van der Waals surface area (Å²) in [5.41, 5.74) is 2.96. The van der Waals surface area contributed by atoms with Crippen LogP contribution in [-0.4, -0.2) is 44.8 Å². The smallest absolute Gasteiger partial charge is 0.407 e. The lowest BCUT2D eigenvalue weighted by atomic mass is 9.71. The number of amides is 1. The Bertz CT molecular complexity index is 1020. The van der Waals surface area contributed by atoms with Gasteiger partial charge in [0.25, 0.3) is 6.01 Å². The van der Waals surface area contributed by atoms with Gasteiger partial charge in [-0.25, -0.2) is 4.79 Å². The van der Waals surface area contributed by atoms with Crippen molar-refractivity contribution in [3.63, 3.8) is 0 Å². The zero-order valence-electron chi connectivity index (χ0n) is 15.6. The van der Waals surface area contributed by atoms with Gasteiger partial charge in [-0.2, -0.15) is 4.98 Å². The Morgan fingerprint density at radius 3 is 2.79 bits per heavy atom. The zero-order valence-corrected chi connectivity index (χ0v) is 15.6. The van der Waals surface area contributed by atoms with Crippen LogP contribution in [0.3, 0.4) is 0 Å². The molecule has 1 aromatic heterocycles. The number of ether oxygens (including phenoxy) is 1. The van der Waals surface area contributed by atoms with Crippen LogP contribution in [0.5, 0.6) is 6.01 Å². The van der Waals surface area contributed by atoms with Crippen LogP contribution >= 0.6 is 0 Å². The van der Waals surface area contributed by atoms with Gasteiger partial charge in [0.1, 0.15) is 6.10 Å². The SMILES string of the molecule is O=C(O)N1CCCC(Cc2ccccc2)(C2Cn3c(nc4ccccc43)O2)C1. The van der Waals surface area contributed by atoms with E-state index in [4.69, 9.17) is 4.74 Å². The van der Waals surface area contributed by atoms with Gasteiger partial charge in [0.2, 0.25) is 0 Å². The highest BCUT2D eigenvalue weighted by Gasteiger charge is 2.48. The molecule has 0 bridgehead atoms. The normalized spacial score (nSPS) is 24.1. The quantitative estimate of drug-likeness (QED) is 0.754. The zero-order chi connectivity index (χ0) is 19.1. The molecule has 3 heterocycles. The maximum atomic E-state index is 11.7. The number of rotatable bonds is 3. The van der Waals surface area contributed by atoms with Gasteiger partial charge in [-0.05, 0) is 37.0 Å². The van der Waals surface area contributed by atoms with Crippen molar-refractivity contribution in [2.45, 2.75) is 31.9 Å². The fraction of sp³-hybridized carbons (Fsp3) is 0.364. The Balaban J connectivity index is 1.50. The first-order valence-corrected chi connectivity index (χ1v) is 9.78. The van der Waals surface area contributed by atoms with Gasteiger partial charge in [0.15, 0.2) is 0 Å². The van der Waals surface area contributed by atoms with Gasteiger partial charge in [0, 0.05) is 18.5 Å². The monoisotopic (exact) mass is 377 g/mol.